The van der Waals surface area contributed by atoms with Gasteiger partial charge in [-0.05, 0) is 63.2 Å². The molecule has 1 N–H and O–H groups in total. The normalized spacial score (nSPS) is 12.3. The number of ether oxygens (including phenoxy) is 1. The summed E-state index contributed by atoms with van der Waals surface area (Å²) in [5, 5.41) is 2.78. The number of anilines is 1. The average Bonchev–Trinajstić information content (AvgIpc) is 2.92. The van der Waals surface area contributed by atoms with Crippen molar-refractivity contribution >= 4 is 33.1 Å². The van der Waals surface area contributed by atoms with Gasteiger partial charge >= 0.3 is 4.87 Å². The molecular formula is C19H19FN2O3S. The summed E-state index contributed by atoms with van der Waals surface area (Å²) in [5.74, 6) is -0.281. The standard InChI is InChI=1S/C19H19FN2O3S/c1-11(2)22-16-9-6-14(10-17(16)26-19(22)24)21-18(23)12(3)25-15-7-4-13(20)5-8-15/h4-12H,1-3H3,(H,21,23)/t12-/m0/s1. The van der Waals surface area contributed by atoms with Crippen LogP contribution in [0.4, 0.5) is 10.1 Å². The molecule has 0 aliphatic rings. The van der Waals surface area contributed by atoms with Crippen molar-refractivity contribution in [1.82, 2.24) is 4.57 Å². The lowest BCUT2D eigenvalue weighted by Crippen LogP contribution is -2.30. The van der Waals surface area contributed by atoms with Gasteiger partial charge in [0.05, 0.1) is 10.2 Å². The van der Waals surface area contributed by atoms with Crippen LogP contribution in [0.2, 0.25) is 0 Å². The highest BCUT2D eigenvalue weighted by molar-refractivity contribution is 7.16. The Balaban J connectivity index is 1.74. The number of nitrogens with one attached hydrogen (secondary N) is 1. The highest BCUT2D eigenvalue weighted by Crippen LogP contribution is 2.24. The second-order valence-corrected chi connectivity index (χ2v) is 7.21. The number of amides is 1. The van der Waals surface area contributed by atoms with Crippen LogP contribution in [0, 0.1) is 5.82 Å². The number of aromatic nitrogens is 1. The molecule has 0 fully saturated rings. The Bertz CT molecular complexity index is 992. The van der Waals surface area contributed by atoms with Gasteiger partial charge in [-0.15, -0.1) is 0 Å². The van der Waals surface area contributed by atoms with Crippen molar-refractivity contribution in [2.45, 2.75) is 32.9 Å². The van der Waals surface area contributed by atoms with Crippen molar-refractivity contribution in [3.8, 4) is 5.75 Å². The van der Waals surface area contributed by atoms with E-state index in [2.05, 4.69) is 5.32 Å². The number of halogens is 1. The Labute approximate surface area is 154 Å². The van der Waals surface area contributed by atoms with E-state index in [1.54, 1.807) is 23.6 Å². The van der Waals surface area contributed by atoms with Gasteiger partial charge in [0, 0.05) is 11.7 Å². The molecule has 0 aliphatic carbocycles. The quantitative estimate of drug-likeness (QED) is 0.728. The van der Waals surface area contributed by atoms with E-state index in [0.29, 0.717) is 11.4 Å². The van der Waals surface area contributed by atoms with Crippen molar-refractivity contribution in [3.63, 3.8) is 0 Å². The third kappa shape index (κ3) is 3.77. The monoisotopic (exact) mass is 374 g/mol. The first kappa shape index (κ1) is 18.1. The molecule has 1 amide bonds. The van der Waals surface area contributed by atoms with Crippen molar-refractivity contribution in [2.24, 2.45) is 0 Å². The molecule has 0 bridgehead atoms. The van der Waals surface area contributed by atoms with Crippen molar-refractivity contribution in [2.75, 3.05) is 5.32 Å². The molecule has 1 aromatic heterocycles. The first-order chi connectivity index (χ1) is 12.3. The lowest BCUT2D eigenvalue weighted by Gasteiger charge is -2.15. The average molecular weight is 374 g/mol. The van der Waals surface area contributed by atoms with E-state index in [1.807, 2.05) is 19.9 Å². The van der Waals surface area contributed by atoms with Crippen molar-refractivity contribution in [3.05, 3.63) is 57.9 Å². The van der Waals surface area contributed by atoms with E-state index in [1.165, 1.54) is 24.3 Å². The highest BCUT2D eigenvalue weighted by Gasteiger charge is 2.16. The summed E-state index contributed by atoms with van der Waals surface area (Å²) in [5.41, 5.74) is 1.44. The van der Waals surface area contributed by atoms with Gasteiger partial charge in [-0.1, -0.05) is 11.3 Å². The van der Waals surface area contributed by atoms with Gasteiger partial charge in [-0.25, -0.2) is 4.39 Å². The molecule has 5 nitrogen and oxygen atoms in total. The first-order valence-electron chi connectivity index (χ1n) is 8.23. The van der Waals surface area contributed by atoms with Gasteiger partial charge in [0.1, 0.15) is 11.6 Å². The third-order valence-corrected chi connectivity index (χ3v) is 4.81. The molecule has 2 aromatic carbocycles. The van der Waals surface area contributed by atoms with E-state index >= 15 is 0 Å². The SMILES string of the molecule is CC(C)n1c(=O)sc2cc(NC(=O)[C@H](C)Oc3ccc(F)cc3)ccc21. The van der Waals surface area contributed by atoms with Crippen LogP contribution in [0.5, 0.6) is 5.75 Å². The Kier molecular flexibility index (Phi) is 5.08. The first-order valence-corrected chi connectivity index (χ1v) is 9.05. The number of fused-ring (bicyclic) bond motifs is 1. The van der Waals surface area contributed by atoms with Crippen LogP contribution in [0.1, 0.15) is 26.8 Å². The maximum Gasteiger partial charge on any atom is 0.308 e. The van der Waals surface area contributed by atoms with E-state index in [9.17, 15) is 14.0 Å². The number of nitrogens with zero attached hydrogens (tertiary/aromatic N) is 1. The Morgan fingerprint density at radius 1 is 1.15 bits per heavy atom. The fourth-order valence-corrected chi connectivity index (χ4v) is 3.67. The molecule has 3 aromatic rings. The van der Waals surface area contributed by atoms with Crippen molar-refractivity contribution < 1.29 is 13.9 Å². The van der Waals surface area contributed by atoms with Gasteiger partial charge in [0.2, 0.25) is 0 Å². The zero-order chi connectivity index (χ0) is 18.8. The summed E-state index contributed by atoms with van der Waals surface area (Å²) < 4.78 is 21.0. The molecule has 7 heteroatoms. The number of carbonyl (C=O) groups excluding carboxylic acids is 1. The van der Waals surface area contributed by atoms with Crippen LogP contribution in [0.3, 0.4) is 0 Å². The van der Waals surface area contributed by atoms with Gasteiger partial charge in [0.15, 0.2) is 6.10 Å². The smallest absolute Gasteiger partial charge is 0.308 e. The fourth-order valence-electron chi connectivity index (χ4n) is 2.62. The number of carbonyl (C=O) groups is 1. The topological polar surface area (TPSA) is 60.3 Å². The minimum atomic E-state index is -0.754. The van der Waals surface area contributed by atoms with Crippen LogP contribution >= 0.6 is 11.3 Å². The van der Waals surface area contributed by atoms with Crippen LogP contribution in [0.25, 0.3) is 10.2 Å². The summed E-state index contributed by atoms with van der Waals surface area (Å²) in [6, 6.07) is 10.9. The fraction of sp³-hybridized carbons (Fsp3) is 0.263. The number of hydrogen-bond donors (Lipinski definition) is 1. The molecule has 0 unspecified atom stereocenters. The maximum absolute atomic E-state index is 12.9. The molecule has 136 valence electrons. The van der Waals surface area contributed by atoms with Gasteiger partial charge in [-0.3, -0.25) is 14.2 Å². The predicted octanol–water partition coefficient (Wildman–Crippen LogP) is 4.19. The van der Waals surface area contributed by atoms with Gasteiger partial charge in [-0.2, -0.15) is 0 Å². The minimum Gasteiger partial charge on any atom is -0.481 e. The molecule has 0 radical (unpaired) electrons. The Morgan fingerprint density at radius 2 is 1.85 bits per heavy atom. The highest BCUT2D eigenvalue weighted by atomic mass is 32.1. The largest absolute Gasteiger partial charge is 0.481 e. The molecule has 1 atom stereocenters. The number of hydrogen-bond acceptors (Lipinski definition) is 4. The van der Waals surface area contributed by atoms with Crippen molar-refractivity contribution in [1.29, 1.82) is 0 Å². The lowest BCUT2D eigenvalue weighted by molar-refractivity contribution is -0.122. The number of benzene rings is 2. The van der Waals surface area contributed by atoms with Crippen LogP contribution in [-0.4, -0.2) is 16.6 Å². The summed E-state index contributed by atoms with van der Waals surface area (Å²) in [6.07, 6.45) is -0.754. The van der Waals surface area contributed by atoms with E-state index in [-0.39, 0.29) is 22.6 Å². The third-order valence-electron chi connectivity index (χ3n) is 3.89. The minimum absolute atomic E-state index is 0.0218. The van der Waals surface area contributed by atoms with E-state index < -0.39 is 6.10 Å². The molecule has 0 aliphatic heterocycles. The zero-order valence-electron chi connectivity index (χ0n) is 14.7. The second-order valence-electron chi connectivity index (χ2n) is 6.22. The Hall–Kier alpha value is -2.67. The zero-order valence-corrected chi connectivity index (χ0v) is 15.5. The number of rotatable bonds is 5. The molecule has 1 heterocycles. The summed E-state index contributed by atoms with van der Waals surface area (Å²) in [7, 11) is 0. The van der Waals surface area contributed by atoms with Crippen LogP contribution in [0.15, 0.2) is 47.3 Å². The summed E-state index contributed by atoms with van der Waals surface area (Å²) in [6.45, 7) is 5.53. The summed E-state index contributed by atoms with van der Waals surface area (Å²) >= 11 is 1.15. The van der Waals surface area contributed by atoms with Crippen LogP contribution in [-0.2, 0) is 4.79 Å². The Morgan fingerprint density at radius 3 is 2.50 bits per heavy atom. The molecule has 0 saturated heterocycles. The van der Waals surface area contributed by atoms with E-state index in [4.69, 9.17) is 4.74 Å². The second kappa shape index (κ2) is 7.29. The van der Waals surface area contributed by atoms with Gasteiger partial charge in [0.25, 0.3) is 5.91 Å². The van der Waals surface area contributed by atoms with Crippen LogP contribution < -0.4 is 14.9 Å². The summed E-state index contributed by atoms with van der Waals surface area (Å²) in [4.78, 5) is 24.4. The molecule has 3 rings (SSSR count). The number of thiazole rings is 1. The van der Waals surface area contributed by atoms with Gasteiger partial charge < -0.3 is 10.1 Å². The lowest BCUT2D eigenvalue weighted by atomic mass is 10.2. The molecule has 26 heavy (non-hydrogen) atoms. The molecule has 0 saturated carbocycles. The predicted molar refractivity (Wildman–Crippen MR) is 102 cm³/mol. The molecular weight excluding hydrogens is 355 g/mol. The maximum atomic E-state index is 12.9. The van der Waals surface area contributed by atoms with E-state index in [0.717, 1.165) is 21.6 Å². The molecule has 0 spiro atoms.